The number of hydrogen-bond donors (Lipinski definition) is 7. The van der Waals surface area contributed by atoms with Crippen LogP contribution in [-0.4, -0.2) is 70.1 Å². The second-order valence-corrected chi connectivity index (χ2v) is 8.46. The number of aliphatic carboxylic acids is 1. The molecule has 0 heterocycles. The Bertz CT molecular complexity index is 894. The van der Waals surface area contributed by atoms with Crippen molar-refractivity contribution in [3.8, 4) is 0 Å². The van der Waals surface area contributed by atoms with E-state index in [0.29, 0.717) is 12.0 Å². The van der Waals surface area contributed by atoms with E-state index in [0.717, 1.165) is 0 Å². The third-order valence-corrected chi connectivity index (χ3v) is 5.55. The highest BCUT2D eigenvalue weighted by atomic mass is 16.4. The minimum Gasteiger partial charge on any atom is -0.480 e. The molecular weight excluding hydrogens is 458 g/mol. The number of aliphatic hydroxyl groups excluding tert-OH is 1. The molecule has 1 aromatic rings. The Morgan fingerprint density at radius 2 is 1.46 bits per heavy atom. The lowest BCUT2D eigenvalue weighted by molar-refractivity contribution is -0.144. The van der Waals surface area contributed by atoms with E-state index in [1.165, 1.54) is 6.92 Å². The maximum absolute atomic E-state index is 13.1. The van der Waals surface area contributed by atoms with Crippen molar-refractivity contribution in [3.63, 3.8) is 0 Å². The molecule has 35 heavy (non-hydrogen) atoms. The fourth-order valence-electron chi connectivity index (χ4n) is 3.17. The van der Waals surface area contributed by atoms with E-state index in [4.69, 9.17) is 11.5 Å². The van der Waals surface area contributed by atoms with Crippen molar-refractivity contribution in [1.82, 2.24) is 16.0 Å². The normalized spacial score (nSPS) is 16.0. The van der Waals surface area contributed by atoms with Gasteiger partial charge in [-0.3, -0.25) is 19.2 Å². The van der Waals surface area contributed by atoms with Crippen molar-refractivity contribution < 1.29 is 34.2 Å². The first-order chi connectivity index (χ1) is 16.4. The number of nitrogens with one attached hydrogen (secondary N) is 3. The number of rotatable bonds is 14. The summed E-state index contributed by atoms with van der Waals surface area (Å²) in [6.45, 7) is 4.74. The van der Waals surface area contributed by atoms with E-state index in [-0.39, 0.29) is 12.3 Å². The summed E-state index contributed by atoms with van der Waals surface area (Å²) < 4.78 is 0. The van der Waals surface area contributed by atoms with Gasteiger partial charge in [0, 0.05) is 6.42 Å². The highest BCUT2D eigenvalue weighted by molar-refractivity contribution is 5.96. The SMILES string of the molecule is CCC(C)C(NC(=O)C(Cc1ccccc1)NC(=O)C(CC(N)=O)NC(=O)C(N)C(C)O)C(=O)O. The molecule has 0 aliphatic carbocycles. The third kappa shape index (κ3) is 9.71. The zero-order valence-corrected chi connectivity index (χ0v) is 20.1. The largest absolute Gasteiger partial charge is 0.480 e. The number of hydrogen-bond acceptors (Lipinski definition) is 7. The maximum Gasteiger partial charge on any atom is 0.326 e. The molecule has 0 fully saturated rings. The second kappa shape index (κ2) is 14.0. The smallest absolute Gasteiger partial charge is 0.326 e. The van der Waals surface area contributed by atoms with Crippen LogP contribution in [0.1, 0.15) is 39.2 Å². The van der Waals surface area contributed by atoms with Crippen molar-refractivity contribution in [2.45, 2.75) is 70.3 Å². The highest BCUT2D eigenvalue weighted by Crippen LogP contribution is 2.10. The van der Waals surface area contributed by atoms with E-state index in [2.05, 4.69) is 16.0 Å². The summed E-state index contributed by atoms with van der Waals surface area (Å²) in [6, 6.07) is 3.43. The van der Waals surface area contributed by atoms with Crippen LogP contribution in [0, 0.1) is 5.92 Å². The Balaban J connectivity index is 3.17. The molecule has 12 nitrogen and oxygen atoms in total. The summed E-state index contributed by atoms with van der Waals surface area (Å²) in [6.07, 6.45) is -1.31. The van der Waals surface area contributed by atoms with Crippen LogP contribution < -0.4 is 27.4 Å². The minimum absolute atomic E-state index is 0.00961. The van der Waals surface area contributed by atoms with E-state index >= 15 is 0 Å². The van der Waals surface area contributed by atoms with E-state index in [1.807, 2.05) is 0 Å². The first-order valence-electron chi connectivity index (χ1n) is 11.3. The number of carbonyl (C=O) groups excluding carboxylic acids is 4. The van der Waals surface area contributed by atoms with Gasteiger partial charge in [0.15, 0.2) is 0 Å². The average Bonchev–Trinajstić information content (AvgIpc) is 2.80. The number of carbonyl (C=O) groups is 5. The number of nitrogens with two attached hydrogens (primary N) is 2. The Labute approximate surface area is 203 Å². The van der Waals surface area contributed by atoms with Gasteiger partial charge >= 0.3 is 5.97 Å². The molecule has 4 amide bonds. The third-order valence-electron chi connectivity index (χ3n) is 5.55. The maximum atomic E-state index is 13.1. The second-order valence-electron chi connectivity index (χ2n) is 8.46. The van der Waals surface area contributed by atoms with Gasteiger partial charge in [-0.05, 0) is 18.4 Å². The fraction of sp³-hybridized carbons (Fsp3) is 0.522. The summed E-state index contributed by atoms with van der Waals surface area (Å²) in [5.74, 6) is -5.05. The van der Waals surface area contributed by atoms with Crippen LogP contribution in [0.4, 0.5) is 0 Å². The zero-order valence-electron chi connectivity index (χ0n) is 20.1. The molecule has 0 aromatic heterocycles. The number of benzene rings is 1. The molecule has 194 valence electrons. The van der Waals surface area contributed by atoms with E-state index < -0.39 is 66.3 Å². The molecule has 1 aromatic carbocycles. The topological polar surface area (TPSA) is 214 Å². The summed E-state index contributed by atoms with van der Waals surface area (Å²) in [7, 11) is 0. The van der Waals surface area contributed by atoms with Gasteiger partial charge in [-0.25, -0.2) is 4.79 Å². The van der Waals surface area contributed by atoms with Gasteiger partial charge in [-0.15, -0.1) is 0 Å². The number of amides is 4. The van der Waals surface area contributed by atoms with E-state index in [9.17, 15) is 34.2 Å². The number of carboxylic acid groups (broad SMARTS) is 1. The molecule has 0 aliphatic heterocycles. The van der Waals surface area contributed by atoms with Crippen LogP contribution in [0.2, 0.25) is 0 Å². The van der Waals surface area contributed by atoms with Gasteiger partial charge in [0.1, 0.15) is 24.2 Å². The van der Waals surface area contributed by atoms with Crippen LogP contribution >= 0.6 is 0 Å². The number of carboxylic acids is 1. The van der Waals surface area contributed by atoms with Crippen molar-refractivity contribution in [3.05, 3.63) is 35.9 Å². The molecule has 9 N–H and O–H groups in total. The monoisotopic (exact) mass is 493 g/mol. The molecule has 0 saturated heterocycles. The lowest BCUT2D eigenvalue weighted by atomic mass is 9.98. The van der Waals surface area contributed by atoms with Crippen LogP contribution in [0.5, 0.6) is 0 Å². The van der Waals surface area contributed by atoms with Gasteiger partial charge in [0.25, 0.3) is 0 Å². The van der Waals surface area contributed by atoms with Gasteiger partial charge in [0.05, 0.1) is 12.5 Å². The Morgan fingerprint density at radius 1 is 0.914 bits per heavy atom. The summed E-state index contributed by atoms with van der Waals surface area (Å²) in [5.41, 5.74) is 11.5. The number of aliphatic hydroxyl groups is 1. The summed E-state index contributed by atoms with van der Waals surface area (Å²) in [5, 5.41) is 26.2. The minimum atomic E-state index is -1.47. The molecular formula is C23H35N5O7. The lowest BCUT2D eigenvalue weighted by Crippen LogP contribution is -2.59. The van der Waals surface area contributed by atoms with Crippen molar-refractivity contribution in [2.75, 3.05) is 0 Å². The Morgan fingerprint density at radius 3 is 1.94 bits per heavy atom. The van der Waals surface area contributed by atoms with Gasteiger partial charge in [-0.2, -0.15) is 0 Å². The predicted octanol–water partition coefficient (Wildman–Crippen LogP) is -1.60. The van der Waals surface area contributed by atoms with E-state index in [1.54, 1.807) is 44.2 Å². The van der Waals surface area contributed by atoms with Gasteiger partial charge in [-0.1, -0.05) is 50.6 Å². The van der Waals surface area contributed by atoms with Crippen LogP contribution in [0.15, 0.2) is 30.3 Å². The summed E-state index contributed by atoms with van der Waals surface area (Å²) in [4.78, 5) is 61.5. The Kier molecular flexibility index (Phi) is 11.8. The Hall–Kier alpha value is -3.51. The lowest BCUT2D eigenvalue weighted by Gasteiger charge is -2.26. The standard InChI is InChI=1S/C23H35N5O7/c1-4-12(2)19(23(34)35)28-21(32)15(10-14-8-6-5-7-9-14)26-20(31)16(11-17(24)30)27-22(33)18(25)13(3)29/h5-9,12-13,15-16,18-19,29H,4,10-11,25H2,1-3H3,(H2,24,30)(H,26,31)(H,27,33)(H,28,32)(H,34,35). The number of primary amides is 1. The highest BCUT2D eigenvalue weighted by Gasteiger charge is 2.33. The van der Waals surface area contributed by atoms with Gasteiger partial charge in [0.2, 0.25) is 23.6 Å². The van der Waals surface area contributed by atoms with Gasteiger partial charge < -0.3 is 37.6 Å². The zero-order chi connectivity index (χ0) is 26.7. The first-order valence-corrected chi connectivity index (χ1v) is 11.3. The molecule has 0 radical (unpaired) electrons. The van der Waals surface area contributed by atoms with Crippen LogP contribution in [-0.2, 0) is 30.4 Å². The van der Waals surface area contributed by atoms with Crippen molar-refractivity contribution in [1.29, 1.82) is 0 Å². The molecule has 0 saturated carbocycles. The first kappa shape index (κ1) is 29.5. The molecule has 1 rings (SSSR count). The van der Waals surface area contributed by atoms with Crippen LogP contribution in [0.3, 0.4) is 0 Å². The predicted molar refractivity (Wildman–Crippen MR) is 126 cm³/mol. The average molecular weight is 494 g/mol. The fourth-order valence-corrected chi connectivity index (χ4v) is 3.17. The van der Waals surface area contributed by atoms with Crippen molar-refractivity contribution >= 4 is 29.6 Å². The molecule has 12 heteroatoms. The van der Waals surface area contributed by atoms with Crippen LogP contribution in [0.25, 0.3) is 0 Å². The quantitative estimate of drug-likeness (QED) is 0.160. The van der Waals surface area contributed by atoms with Crippen molar-refractivity contribution in [2.24, 2.45) is 17.4 Å². The molecule has 0 aliphatic rings. The molecule has 0 spiro atoms. The molecule has 6 unspecified atom stereocenters. The summed E-state index contributed by atoms with van der Waals surface area (Å²) >= 11 is 0. The molecule has 0 bridgehead atoms. The molecule has 6 atom stereocenters.